The van der Waals surface area contributed by atoms with Crippen LogP contribution in [0.5, 0.6) is 0 Å². The number of nitrogens with one attached hydrogen (secondary N) is 3. The Morgan fingerprint density at radius 2 is 1.93 bits per heavy atom. The average molecular weight is 458 g/mol. The van der Waals surface area contributed by atoms with Gasteiger partial charge in [0, 0.05) is 18.5 Å². The minimum Gasteiger partial charge on any atom is -0.378 e. The quantitative estimate of drug-likeness (QED) is 0.530. The lowest BCUT2D eigenvalue weighted by Gasteiger charge is -2.25. The number of ether oxygens (including phenoxy) is 1. The topological polar surface area (TPSA) is 130 Å². The van der Waals surface area contributed by atoms with Crippen LogP contribution < -0.4 is 20.5 Å². The van der Waals surface area contributed by atoms with Crippen molar-refractivity contribution < 1.29 is 27.1 Å². The van der Waals surface area contributed by atoms with Crippen LogP contribution in [-0.4, -0.2) is 57.6 Å². The molecule has 3 N–H and O–H groups in total. The zero-order valence-corrected chi connectivity index (χ0v) is 17.6. The molecule has 2 amide bonds. The third-order valence-electron chi connectivity index (χ3n) is 4.16. The number of hydrogen-bond donors (Lipinski definition) is 3. The molecule has 0 bridgehead atoms. The summed E-state index contributed by atoms with van der Waals surface area (Å²) in [5, 5.41) is 2.22. The number of nitrogens with zero attached hydrogens (tertiary/aromatic N) is 2. The zero-order chi connectivity index (χ0) is 21.7. The van der Waals surface area contributed by atoms with E-state index in [4.69, 9.17) is 4.74 Å². The number of carbonyl (C=O) groups excluding carboxylic acids is 2. The Balaban J connectivity index is 1.54. The van der Waals surface area contributed by atoms with E-state index < -0.39 is 38.6 Å². The molecule has 3 rings (SSSR count). The molecular formula is C17H20FN5O5S2. The number of benzene rings is 1. The van der Waals surface area contributed by atoms with Gasteiger partial charge in [0.05, 0.1) is 19.3 Å². The summed E-state index contributed by atoms with van der Waals surface area (Å²) in [6.45, 7) is 3.77. The number of rotatable bonds is 6. The highest BCUT2D eigenvalue weighted by Gasteiger charge is 2.25. The molecule has 0 aliphatic carbocycles. The molecule has 162 valence electrons. The molecule has 1 aromatic heterocycles. The fraction of sp³-hybridized carbons (Fsp3) is 0.353. The predicted octanol–water partition coefficient (Wildman–Crippen LogP) is 0.247. The van der Waals surface area contributed by atoms with Gasteiger partial charge >= 0.3 is 0 Å². The summed E-state index contributed by atoms with van der Waals surface area (Å²) in [5.74, 6) is -2.42. The Morgan fingerprint density at radius 1 is 1.23 bits per heavy atom. The predicted molar refractivity (Wildman–Crippen MR) is 107 cm³/mol. The summed E-state index contributed by atoms with van der Waals surface area (Å²) in [4.78, 5) is 30.0. The summed E-state index contributed by atoms with van der Waals surface area (Å²) in [5.41, 5.74) is 4.43. The van der Waals surface area contributed by atoms with Crippen molar-refractivity contribution in [3.8, 4) is 0 Å². The van der Waals surface area contributed by atoms with Crippen LogP contribution in [0.25, 0.3) is 0 Å². The van der Waals surface area contributed by atoms with Gasteiger partial charge in [0.25, 0.3) is 11.8 Å². The van der Waals surface area contributed by atoms with E-state index >= 15 is 0 Å². The highest BCUT2D eigenvalue weighted by Crippen LogP contribution is 2.21. The lowest BCUT2D eigenvalue weighted by Crippen LogP contribution is -2.51. The molecular weight excluding hydrogens is 437 g/mol. The normalized spacial score (nSPS) is 15.5. The summed E-state index contributed by atoms with van der Waals surface area (Å²) >= 11 is 1.29. The standard InChI is InChI=1S/C17H20FN5O5S2/c1-11(22-30(26,27)14-5-3-2-4-12(14)18)15(24)20-21-16(25)13-10-29-17(19-13)23-6-8-28-9-7-23/h2-5,10-11,22H,6-9H2,1H3,(H,20,24)(H,21,25)/t11-/m0/s1. The summed E-state index contributed by atoms with van der Waals surface area (Å²) < 4.78 is 45.5. The molecule has 2 heterocycles. The monoisotopic (exact) mass is 457 g/mol. The van der Waals surface area contributed by atoms with Crippen LogP contribution in [0.15, 0.2) is 34.5 Å². The molecule has 1 aliphatic heterocycles. The van der Waals surface area contributed by atoms with E-state index in [1.54, 1.807) is 5.38 Å². The lowest BCUT2D eigenvalue weighted by atomic mass is 10.3. The fourth-order valence-electron chi connectivity index (χ4n) is 2.57. The van der Waals surface area contributed by atoms with Gasteiger partial charge in [0.1, 0.15) is 16.4 Å². The highest BCUT2D eigenvalue weighted by molar-refractivity contribution is 7.89. The molecule has 10 nitrogen and oxygen atoms in total. The Kier molecular flexibility index (Phi) is 6.97. The largest absolute Gasteiger partial charge is 0.378 e. The van der Waals surface area contributed by atoms with Crippen LogP contribution in [-0.2, 0) is 19.6 Å². The maximum absolute atomic E-state index is 13.7. The van der Waals surface area contributed by atoms with Gasteiger partial charge in [-0.2, -0.15) is 4.72 Å². The van der Waals surface area contributed by atoms with Crippen molar-refractivity contribution in [3.05, 3.63) is 41.2 Å². The number of carbonyl (C=O) groups is 2. The molecule has 0 radical (unpaired) electrons. The number of hydrogen-bond acceptors (Lipinski definition) is 8. The van der Waals surface area contributed by atoms with Gasteiger partial charge in [0.2, 0.25) is 10.0 Å². The third-order valence-corrected chi connectivity index (χ3v) is 6.63. The summed E-state index contributed by atoms with van der Waals surface area (Å²) in [7, 11) is -4.26. The van der Waals surface area contributed by atoms with E-state index in [9.17, 15) is 22.4 Å². The number of sulfonamides is 1. The Morgan fingerprint density at radius 3 is 2.63 bits per heavy atom. The number of anilines is 1. The van der Waals surface area contributed by atoms with Crippen molar-refractivity contribution in [2.24, 2.45) is 0 Å². The molecule has 1 aromatic carbocycles. The number of amides is 2. The Hall–Kier alpha value is -2.61. The van der Waals surface area contributed by atoms with E-state index in [-0.39, 0.29) is 5.69 Å². The van der Waals surface area contributed by atoms with Crippen LogP contribution in [0.4, 0.5) is 9.52 Å². The van der Waals surface area contributed by atoms with E-state index in [2.05, 4.69) is 20.6 Å². The molecule has 1 fully saturated rings. The third kappa shape index (κ3) is 5.30. The van der Waals surface area contributed by atoms with Crippen LogP contribution >= 0.6 is 11.3 Å². The second-order valence-electron chi connectivity index (χ2n) is 6.33. The second kappa shape index (κ2) is 9.47. The molecule has 1 saturated heterocycles. The molecule has 30 heavy (non-hydrogen) atoms. The van der Waals surface area contributed by atoms with Crippen LogP contribution in [0.2, 0.25) is 0 Å². The molecule has 13 heteroatoms. The first-order chi connectivity index (χ1) is 14.3. The van der Waals surface area contributed by atoms with Crippen LogP contribution in [0.1, 0.15) is 17.4 Å². The van der Waals surface area contributed by atoms with E-state index in [1.807, 2.05) is 4.90 Å². The SMILES string of the molecule is C[C@H](NS(=O)(=O)c1ccccc1F)C(=O)NNC(=O)c1csc(N2CCOCC2)n1. The van der Waals surface area contributed by atoms with E-state index in [1.165, 1.54) is 30.4 Å². The van der Waals surface area contributed by atoms with E-state index in [0.29, 0.717) is 31.4 Å². The average Bonchev–Trinajstić information content (AvgIpc) is 3.22. The van der Waals surface area contributed by atoms with Gasteiger partial charge in [-0.15, -0.1) is 11.3 Å². The summed E-state index contributed by atoms with van der Waals surface area (Å²) in [6.07, 6.45) is 0. The van der Waals surface area contributed by atoms with Crippen molar-refractivity contribution >= 4 is 38.3 Å². The van der Waals surface area contributed by atoms with E-state index in [0.717, 1.165) is 12.1 Å². The number of aromatic nitrogens is 1. The zero-order valence-electron chi connectivity index (χ0n) is 15.9. The second-order valence-corrected chi connectivity index (χ2v) is 8.85. The van der Waals surface area contributed by atoms with Crippen LogP contribution in [0, 0.1) is 5.82 Å². The number of thiazole rings is 1. The maximum Gasteiger partial charge on any atom is 0.289 e. The highest BCUT2D eigenvalue weighted by atomic mass is 32.2. The van der Waals surface area contributed by atoms with Gasteiger partial charge in [-0.1, -0.05) is 12.1 Å². The van der Waals surface area contributed by atoms with Crippen molar-refractivity contribution in [3.63, 3.8) is 0 Å². The summed E-state index contributed by atoms with van der Waals surface area (Å²) in [6, 6.07) is 3.52. The minimum atomic E-state index is -4.26. The first-order valence-electron chi connectivity index (χ1n) is 8.93. The van der Waals surface area contributed by atoms with Crippen molar-refractivity contribution in [2.75, 3.05) is 31.2 Å². The lowest BCUT2D eigenvalue weighted by molar-refractivity contribution is -0.123. The van der Waals surface area contributed by atoms with Crippen molar-refractivity contribution in [2.45, 2.75) is 17.9 Å². The number of halogens is 1. The first kappa shape index (κ1) is 22.1. The number of morpholine rings is 1. The van der Waals surface area contributed by atoms with Gasteiger partial charge in [-0.25, -0.2) is 17.8 Å². The van der Waals surface area contributed by atoms with Crippen LogP contribution in [0.3, 0.4) is 0 Å². The van der Waals surface area contributed by atoms with Gasteiger partial charge in [-0.05, 0) is 19.1 Å². The minimum absolute atomic E-state index is 0.112. The molecule has 2 aromatic rings. The molecule has 0 saturated carbocycles. The molecule has 1 aliphatic rings. The molecule has 1 atom stereocenters. The van der Waals surface area contributed by atoms with Gasteiger partial charge in [-0.3, -0.25) is 20.4 Å². The Labute approximate surface area is 176 Å². The molecule has 0 unspecified atom stereocenters. The smallest absolute Gasteiger partial charge is 0.289 e. The van der Waals surface area contributed by atoms with Gasteiger partial charge < -0.3 is 9.64 Å². The fourth-order valence-corrected chi connectivity index (χ4v) is 4.71. The molecule has 0 spiro atoms. The Bertz CT molecular complexity index is 1020. The first-order valence-corrected chi connectivity index (χ1v) is 11.3. The van der Waals surface area contributed by atoms with Gasteiger partial charge in [0.15, 0.2) is 5.13 Å². The maximum atomic E-state index is 13.7. The number of hydrazine groups is 1. The van der Waals surface area contributed by atoms with Crippen molar-refractivity contribution in [1.82, 2.24) is 20.6 Å². The van der Waals surface area contributed by atoms with Crippen molar-refractivity contribution in [1.29, 1.82) is 0 Å².